The lowest BCUT2D eigenvalue weighted by Gasteiger charge is -2.29. The standard InChI is InChI=1S/C12H19N3O2/c1-3-9-7-11(14(2)13-9)12(17)15-6-4-5-10(16)8-15/h7,10,16H,3-6,8H2,1-2H3/t10-/m0/s1. The molecular weight excluding hydrogens is 218 g/mol. The first-order valence-corrected chi connectivity index (χ1v) is 6.12. The van der Waals surface area contributed by atoms with Gasteiger partial charge in [0.25, 0.3) is 5.91 Å². The van der Waals surface area contributed by atoms with Crippen molar-refractivity contribution in [2.45, 2.75) is 32.3 Å². The number of piperidine rings is 1. The molecule has 0 bridgehead atoms. The fourth-order valence-corrected chi connectivity index (χ4v) is 2.20. The van der Waals surface area contributed by atoms with Crippen molar-refractivity contribution in [1.29, 1.82) is 0 Å². The van der Waals surface area contributed by atoms with Crippen molar-refractivity contribution >= 4 is 5.91 Å². The number of hydrogen-bond donors (Lipinski definition) is 1. The summed E-state index contributed by atoms with van der Waals surface area (Å²) in [6.07, 6.45) is 2.09. The first kappa shape index (κ1) is 12.1. The molecule has 1 N–H and O–H groups in total. The molecule has 2 heterocycles. The Kier molecular flexibility index (Phi) is 3.47. The highest BCUT2D eigenvalue weighted by Crippen LogP contribution is 2.14. The van der Waals surface area contributed by atoms with Gasteiger partial charge in [0.05, 0.1) is 11.8 Å². The maximum atomic E-state index is 12.2. The molecule has 5 nitrogen and oxygen atoms in total. The lowest BCUT2D eigenvalue weighted by atomic mass is 10.1. The maximum absolute atomic E-state index is 12.2. The highest BCUT2D eigenvalue weighted by molar-refractivity contribution is 5.92. The number of rotatable bonds is 2. The SMILES string of the molecule is CCc1cc(C(=O)N2CCC[C@H](O)C2)n(C)n1. The van der Waals surface area contributed by atoms with Gasteiger partial charge in [-0.3, -0.25) is 9.48 Å². The normalized spacial score (nSPS) is 20.6. The van der Waals surface area contributed by atoms with Gasteiger partial charge in [-0.15, -0.1) is 0 Å². The van der Waals surface area contributed by atoms with E-state index in [2.05, 4.69) is 5.10 Å². The Morgan fingerprint density at radius 3 is 3.00 bits per heavy atom. The summed E-state index contributed by atoms with van der Waals surface area (Å²) in [5, 5.41) is 13.9. The molecule has 0 aromatic carbocycles. The van der Waals surface area contributed by atoms with Crippen molar-refractivity contribution < 1.29 is 9.90 Å². The first-order chi connectivity index (χ1) is 8.11. The molecule has 1 aliphatic heterocycles. The van der Waals surface area contributed by atoms with Crippen LogP contribution in [0, 0.1) is 0 Å². The van der Waals surface area contributed by atoms with Crippen LogP contribution < -0.4 is 0 Å². The fraction of sp³-hybridized carbons (Fsp3) is 0.667. The number of aliphatic hydroxyl groups is 1. The quantitative estimate of drug-likeness (QED) is 0.818. The van der Waals surface area contributed by atoms with Crippen molar-refractivity contribution in [3.05, 3.63) is 17.5 Å². The molecule has 94 valence electrons. The van der Waals surface area contributed by atoms with Gasteiger partial charge >= 0.3 is 0 Å². The van der Waals surface area contributed by atoms with Crippen LogP contribution in [0.2, 0.25) is 0 Å². The van der Waals surface area contributed by atoms with Gasteiger partial charge in [-0.2, -0.15) is 5.10 Å². The van der Waals surface area contributed by atoms with E-state index in [4.69, 9.17) is 0 Å². The lowest BCUT2D eigenvalue weighted by molar-refractivity contribution is 0.0465. The van der Waals surface area contributed by atoms with Crippen LogP contribution in [-0.2, 0) is 13.5 Å². The zero-order valence-electron chi connectivity index (χ0n) is 10.4. The van der Waals surface area contributed by atoms with Crippen molar-refractivity contribution in [2.24, 2.45) is 7.05 Å². The lowest BCUT2D eigenvalue weighted by Crippen LogP contribution is -2.42. The Bertz CT molecular complexity index is 414. The highest BCUT2D eigenvalue weighted by Gasteiger charge is 2.25. The van der Waals surface area contributed by atoms with Crippen LogP contribution in [0.5, 0.6) is 0 Å². The number of aryl methyl sites for hydroxylation is 2. The molecule has 1 fully saturated rings. The molecule has 0 spiro atoms. The van der Waals surface area contributed by atoms with E-state index in [0.717, 1.165) is 31.5 Å². The smallest absolute Gasteiger partial charge is 0.272 e. The summed E-state index contributed by atoms with van der Waals surface area (Å²) >= 11 is 0. The molecule has 1 saturated heterocycles. The molecule has 1 aromatic heterocycles. The third kappa shape index (κ3) is 2.49. The molecular formula is C12H19N3O2. The van der Waals surface area contributed by atoms with Crippen LogP contribution in [0.4, 0.5) is 0 Å². The number of amides is 1. The summed E-state index contributed by atoms with van der Waals surface area (Å²) in [7, 11) is 1.78. The van der Waals surface area contributed by atoms with Gasteiger partial charge in [0.15, 0.2) is 0 Å². The monoisotopic (exact) mass is 237 g/mol. The van der Waals surface area contributed by atoms with E-state index in [1.54, 1.807) is 16.6 Å². The summed E-state index contributed by atoms with van der Waals surface area (Å²) in [6, 6.07) is 1.84. The summed E-state index contributed by atoms with van der Waals surface area (Å²) in [5.41, 5.74) is 1.53. The average molecular weight is 237 g/mol. The molecule has 1 aliphatic rings. The summed E-state index contributed by atoms with van der Waals surface area (Å²) < 4.78 is 1.63. The van der Waals surface area contributed by atoms with Crippen LogP contribution in [0.25, 0.3) is 0 Å². The minimum absolute atomic E-state index is 0.0292. The molecule has 5 heteroatoms. The number of likely N-dealkylation sites (tertiary alicyclic amines) is 1. The second kappa shape index (κ2) is 4.87. The van der Waals surface area contributed by atoms with Gasteiger partial charge in [0.2, 0.25) is 0 Å². The van der Waals surface area contributed by atoms with E-state index >= 15 is 0 Å². The third-order valence-electron chi connectivity index (χ3n) is 3.20. The average Bonchev–Trinajstić information content (AvgIpc) is 2.69. The van der Waals surface area contributed by atoms with Gasteiger partial charge in [-0.25, -0.2) is 0 Å². The van der Waals surface area contributed by atoms with E-state index in [0.29, 0.717) is 12.2 Å². The van der Waals surface area contributed by atoms with Gasteiger partial charge in [0.1, 0.15) is 5.69 Å². The fourth-order valence-electron chi connectivity index (χ4n) is 2.20. The van der Waals surface area contributed by atoms with Crippen molar-refractivity contribution in [3.8, 4) is 0 Å². The van der Waals surface area contributed by atoms with Crippen molar-refractivity contribution in [2.75, 3.05) is 13.1 Å². The zero-order chi connectivity index (χ0) is 12.4. The largest absolute Gasteiger partial charge is 0.391 e. The first-order valence-electron chi connectivity index (χ1n) is 6.12. The zero-order valence-corrected chi connectivity index (χ0v) is 10.4. The van der Waals surface area contributed by atoms with Crippen LogP contribution in [0.3, 0.4) is 0 Å². The highest BCUT2D eigenvalue weighted by atomic mass is 16.3. The molecule has 0 unspecified atom stereocenters. The minimum Gasteiger partial charge on any atom is -0.391 e. The number of aromatic nitrogens is 2. The molecule has 2 rings (SSSR count). The minimum atomic E-state index is -0.383. The van der Waals surface area contributed by atoms with E-state index in [1.807, 2.05) is 13.0 Å². The van der Waals surface area contributed by atoms with E-state index in [-0.39, 0.29) is 12.0 Å². The number of carbonyl (C=O) groups is 1. The van der Waals surface area contributed by atoms with Crippen molar-refractivity contribution in [3.63, 3.8) is 0 Å². The summed E-state index contributed by atoms with van der Waals surface area (Å²) in [5.74, 6) is -0.0292. The molecule has 0 aliphatic carbocycles. The van der Waals surface area contributed by atoms with Gasteiger partial charge in [-0.05, 0) is 25.3 Å². The van der Waals surface area contributed by atoms with Gasteiger partial charge in [-0.1, -0.05) is 6.92 Å². The number of hydrogen-bond acceptors (Lipinski definition) is 3. The van der Waals surface area contributed by atoms with Gasteiger partial charge in [0, 0.05) is 20.1 Å². The third-order valence-corrected chi connectivity index (χ3v) is 3.20. The number of nitrogens with zero attached hydrogens (tertiary/aromatic N) is 3. The Morgan fingerprint density at radius 2 is 2.41 bits per heavy atom. The van der Waals surface area contributed by atoms with Crippen LogP contribution in [0.1, 0.15) is 35.9 Å². The number of carbonyl (C=O) groups excluding carboxylic acids is 1. The predicted molar refractivity (Wildman–Crippen MR) is 63.7 cm³/mol. The van der Waals surface area contributed by atoms with Crippen LogP contribution in [0.15, 0.2) is 6.07 Å². The molecule has 1 atom stereocenters. The Labute approximate surface area is 101 Å². The number of β-amino-alcohol motifs (C(OH)–C–C–N with tert-alkyl or cyclic N) is 1. The molecule has 1 amide bonds. The Balaban J connectivity index is 2.15. The Hall–Kier alpha value is -1.36. The van der Waals surface area contributed by atoms with Crippen molar-refractivity contribution in [1.82, 2.24) is 14.7 Å². The second-order valence-corrected chi connectivity index (χ2v) is 4.55. The maximum Gasteiger partial charge on any atom is 0.272 e. The van der Waals surface area contributed by atoms with Crippen LogP contribution >= 0.6 is 0 Å². The van der Waals surface area contributed by atoms with E-state index < -0.39 is 0 Å². The molecule has 1 aromatic rings. The Morgan fingerprint density at radius 1 is 1.65 bits per heavy atom. The molecule has 0 radical (unpaired) electrons. The second-order valence-electron chi connectivity index (χ2n) is 4.55. The molecule has 17 heavy (non-hydrogen) atoms. The number of aliphatic hydroxyl groups excluding tert-OH is 1. The van der Waals surface area contributed by atoms with Gasteiger partial charge < -0.3 is 10.0 Å². The topological polar surface area (TPSA) is 58.4 Å². The van der Waals surface area contributed by atoms with E-state index in [1.165, 1.54) is 0 Å². The molecule has 0 saturated carbocycles. The summed E-state index contributed by atoms with van der Waals surface area (Å²) in [4.78, 5) is 14.0. The predicted octanol–water partition coefficient (Wildman–Crippen LogP) is 0.579. The summed E-state index contributed by atoms with van der Waals surface area (Å²) in [6.45, 7) is 3.18. The van der Waals surface area contributed by atoms with Crippen LogP contribution in [-0.4, -0.2) is 44.9 Å². The van der Waals surface area contributed by atoms with E-state index in [9.17, 15) is 9.90 Å².